The number of carbonyl (C=O) groups excluding carboxylic acids is 1. The molecule has 0 saturated carbocycles. The number of nitriles is 1. The highest BCUT2D eigenvalue weighted by Gasteiger charge is 2.24. The second-order valence-corrected chi connectivity index (χ2v) is 8.91. The third-order valence-electron chi connectivity index (χ3n) is 6.62. The van der Waals surface area contributed by atoms with E-state index >= 15 is 0 Å². The van der Waals surface area contributed by atoms with Crippen LogP contribution in [0.1, 0.15) is 18.4 Å². The molecule has 0 spiro atoms. The first-order valence-electron chi connectivity index (χ1n) is 12.2. The number of hydrogen-bond acceptors (Lipinski definition) is 7. The molecule has 1 atom stereocenters. The quantitative estimate of drug-likeness (QED) is 0.423. The van der Waals surface area contributed by atoms with Crippen LogP contribution in [0.4, 0.5) is 11.5 Å². The van der Waals surface area contributed by atoms with Crippen LogP contribution in [0, 0.1) is 11.3 Å². The molecule has 1 amide bonds. The van der Waals surface area contributed by atoms with Gasteiger partial charge in [-0.25, -0.2) is 4.98 Å². The van der Waals surface area contributed by atoms with Crippen molar-refractivity contribution in [3.05, 3.63) is 76.2 Å². The van der Waals surface area contributed by atoms with E-state index in [-0.39, 0.29) is 22.8 Å². The maximum atomic E-state index is 13.5. The molecule has 36 heavy (non-hydrogen) atoms. The van der Waals surface area contributed by atoms with Gasteiger partial charge in [-0.15, -0.1) is 0 Å². The van der Waals surface area contributed by atoms with Crippen molar-refractivity contribution in [2.24, 2.45) is 0 Å². The van der Waals surface area contributed by atoms with Gasteiger partial charge in [0.25, 0.3) is 11.5 Å². The lowest BCUT2D eigenvalue weighted by Crippen LogP contribution is -2.47. The van der Waals surface area contributed by atoms with Gasteiger partial charge in [-0.05, 0) is 43.2 Å². The Bertz CT molecular complexity index is 1360. The summed E-state index contributed by atoms with van der Waals surface area (Å²) in [6, 6.07) is 17.5. The van der Waals surface area contributed by atoms with Crippen LogP contribution in [-0.4, -0.2) is 60.7 Å². The summed E-state index contributed by atoms with van der Waals surface area (Å²) in [6.45, 7) is 3.84. The lowest BCUT2D eigenvalue weighted by atomic mass is 10.1. The number of benzene rings is 1. The molecule has 2 fully saturated rings. The number of nitrogens with one attached hydrogen (secondary N) is 1. The van der Waals surface area contributed by atoms with Crippen LogP contribution in [0.2, 0.25) is 0 Å². The summed E-state index contributed by atoms with van der Waals surface area (Å²) in [6.07, 6.45) is 4.81. The SMILES string of the molecule is N#C/C(=C\c1c(N2CCN(c3ccccc3)CC2)nc2ccccn2c1=O)C(=O)NC[C@@H]1CCCO1. The molecular weight excluding hydrogens is 456 g/mol. The third kappa shape index (κ3) is 4.95. The van der Waals surface area contributed by atoms with Gasteiger partial charge in [0.1, 0.15) is 23.1 Å². The molecule has 1 N–H and O–H groups in total. The largest absolute Gasteiger partial charge is 0.376 e. The number of pyridine rings is 1. The highest BCUT2D eigenvalue weighted by Crippen LogP contribution is 2.23. The number of hydrogen-bond donors (Lipinski definition) is 1. The molecule has 2 aliphatic heterocycles. The van der Waals surface area contributed by atoms with E-state index in [1.54, 1.807) is 18.3 Å². The Labute approximate surface area is 209 Å². The van der Waals surface area contributed by atoms with Crippen LogP contribution in [0.5, 0.6) is 0 Å². The predicted octanol–water partition coefficient (Wildman–Crippen LogP) is 2.22. The first-order valence-corrected chi connectivity index (χ1v) is 12.2. The fourth-order valence-corrected chi connectivity index (χ4v) is 4.67. The van der Waals surface area contributed by atoms with Crippen molar-refractivity contribution in [2.75, 3.05) is 49.1 Å². The molecule has 5 rings (SSSR count). The maximum absolute atomic E-state index is 13.5. The molecule has 0 aliphatic carbocycles. The second kappa shape index (κ2) is 10.6. The van der Waals surface area contributed by atoms with Crippen LogP contribution < -0.4 is 20.7 Å². The van der Waals surface area contributed by atoms with Gasteiger partial charge in [-0.2, -0.15) is 5.26 Å². The first kappa shape index (κ1) is 23.6. The zero-order chi connectivity index (χ0) is 24.9. The molecule has 3 aromatic rings. The van der Waals surface area contributed by atoms with Gasteiger partial charge in [0.15, 0.2) is 0 Å². The third-order valence-corrected chi connectivity index (χ3v) is 6.62. The molecule has 0 bridgehead atoms. The lowest BCUT2D eigenvalue weighted by Gasteiger charge is -2.37. The van der Waals surface area contributed by atoms with Gasteiger partial charge in [0.05, 0.1) is 11.7 Å². The molecule has 184 valence electrons. The van der Waals surface area contributed by atoms with E-state index in [1.165, 1.54) is 10.5 Å². The van der Waals surface area contributed by atoms with E-state index in [1.807, 2.05) is 30.3 Å². The van der Waals surface area contributed by atoms with E-state index in [9.17, 15) is 14.9 Å². The van der Waals surface area contributed by atoms with Gasteiger partial charge in [0, 0.05) is 51.2 Å². The summed E-state index contributed by atoms with van der Waals surface area (Å²) in [5.74, 6) is -0.0380. The van der Waals surface area contributed by atoms with Crippen molar-refractivity contribution in [1.82, 2.24) is 14.7 Å². The molecular formula is C27H28N6O3. The normalized spacial score (nSPS) is 18.3. The average molecular weight is 485 g/mol. The zero-order valence-electron chi connectivity index (χ0n) is 20.0. The number of nitrogens with zero attached hydrogens (tertiary/aromatic N) is 5. The van der Waals surface area contributed by atoms with E-state index in [2.05, 4.69) is 27.2 Å². The number of para-hydroxylation sites is 1. The van der Waals surface area contributed by atoms with Gasteiger partial charge >= 0.3 is 0 Å². The first-order chi connectivity index (χ1) is 17.6. The molecule has 0 unspecified atom stereocenters. The topological polar surface area (TPSA) is 103 Å². The fraction of sp³-hybridized carbons (Fsp3) is 0.333. The fourth-order valence-electron chi connectivity index (χ4n) is 4.67. The van der Waals surface area contributed by atoms with Gasteiger partial charge in [-0.1, -0.05) is 24.3 Å². The van der Waals surface area contributed by atoms with Crippen molar-refractivity contribution < 1.29 is 9.53 Å². The number of amides is 1. The maximum Gasteiger partial charge on any atom is 0.267 e. The van der Waals surface area contributed by atoms with Crippen LogP contribution >= 0.6 is 0 Å². The minimum absolute atomic E-state index is 0.0432. The predicted molar refractivity (Wildman–Crippen MR) is 138 cm³/mol. The zero-order valence-corrected chi connectivity index (χ0v) is 20.0. The molecule has 2 aliphatic rings. The summed E-state index contributed by atoms with van der Waals surface area (Å²) in [5, 5.41) is 12.5. The number of aromatic nitrogens is 2. The van der Waals surface area contributed by atoms with E-state index in [0.717, 1.165) is 31.6 Å². The van der Waals surface area contributed by atoms with E-state index < -0.39 is 5.91 Å². The Kier molecular flexibility index (Phi) is 6.96. The van der Waals surface area contributed by atoms with Crippen LogP contribution in [0.3, 0.4) is 0 Å². The standard InChI is InChI=1S/C27H28N6O3/c28-18-20(26(34)29-19-22-9-6-16-36-22)17-23-25(30-24-10-4-5-11-33(24)27(23)35)32-14-12-31(13-15-32)21-7-2-1-3-8-21/h1-5,7-8,10-11,17,22H,6,9,12-16,19H2,(H,29,34)/b20-17+/t22-/m0/s1. The van der Waals surface area contributed by atoms with E-state index in [4.69, 9.17) is 9.72 Å². The van der Waals surface area contributed by atoms with Crippen LogP contribution in [0.25, 0.3) is 11.7 Å². The van der Waals surface area contributed by atoms with Crippen molar-refractivity contribution >= 4 is 29.1 Å². The highest BCUT2D eigenvalue weighted by molar-refractivity contribution is 6.02. The molecule has 1 aromatic carbocycles. The molecule has 4 heterocycles. The van der Waals surface area contributed by atoms with Crippen LogP contribution in [-0.2, 0) is 9.53 Å². The summed E-state index contributed by atoms with van der Waals surface area (Å²) in [4.78, 5) is 35.4. The summed E-state index contributed by atoms with van der Waals surface area (Å²) in [5.41, 5.74) is 1.45. The van der Waals surface area contributed by atoms with Gasteiger partial charge in [-0.3, -0.25) is 14.0 Å². The number of anilines is 2. The van der Waals surface area contributed by atoms with Gasteiger partial charge in [0.2, 0.25) is 0 Å². The summed E-state index contributed by atoms with van der Waals surface area (Å²) < 4.78 is 6.99. The number of ether oxygens (including phenoxy) is 1. The smallest absolute Gasteiger partial charge is 0.267 e. The van der Waals surface area contributed by atoms with Crippen molar-refractivity contribution in [2.45, 2.75) is 18.9 Å². The minimum atomic E-state index is -0.523. The number of piperazine rings is 1. The minimum Gasteiger partial charge on any atom is -0.376 e. The van der Waals surface area contributed by atoms with E-state index in [0.29, 0.717) is 37.7 Å². The highest BCUT2D eigenvalue weighted by atomic mass is 16.5. The Morgan fingerprint density at radius 2 is 1.86 bits per heavy atom. The Hall–Kier alpha value is -4.16. The average Bonchev–Trinajstić information content (AvgIpc) is 3.46. The second-order valence-electron chi connectivity index (χ2n) is 8.91. The summed E-state index contributed by atoms with van der Waals surface area (Å²) >= 11 is 0. The van der Waals surface area contributed by atoms with Crippen molar-refractivity contribution in [1.29, 1.82) is 5.26 Å². The Balaban J connectivity index is 1.45. The number of rotatable bonds is 6. The number of carbonyl (C=O) groups is 1. The molecule has 2 saturated heterocycles. The Morgan fingerprint density at radius 1 is 1.11 bits per heavy atom. The molecule has 9 nitrogen and oxygen atoms in total. The number of fused-ring (bicyclic) bond motifs is 1. The van der Waals surface area contributed by atoms with Crippen molar-refractivity contribution in [3.8, 4) is 6.07 Å². The van der Waals surface area contributed by atoms with Crippen LogP contribution in [0.15, 0.2) is 65.1 Å². The Morgan fingerprint density at radius 3 is 2.58 bits per heavy atom. The van der Waals surface area contributed by atoms with Crippen molar-refractivity contribution in [3.63, 3.8) is 0 Å². The molecule has 0 radical (unpaired) electrons. The van der Waals surface area contributed by atoms with Gasteiger partial charge < -0.3 is 19.9 Å². The molecule has 9 heteroatoms. The monoisotopic (exact) mass is 484 g/mol. The molecule has 2 aromatic heterocycles. The summed E-state index contributed by atoms with van der Waals surface area (Å²) in [7, 11) is 0. The lowest BCUT2D eigenvalue weighted by molar-refractivity contribution is -0.117.